The molecule has 0 aromatic carbocycles. The minimum atomic E-state index is -1.60. The predicted molar refractivity (Wildman–Crippen MR) is 243 cm³/mol. The predicted octanol–water partition coefficient (Wildman–Crippen LogP) is 5.96. The second kappa shape index (κ2) is 19.2. The fourth-order valence-corrected chi connectivity index (χ4v) is 13.8. The summed E-state index contributed by atoms with van der Waals surface area (Å²) in [4.78, 5) is 43.5. The maximum absolute atomic E-state index is 15.4. The summed E-state index contributed by atoms with van der Waals surface area (Å²) < 4.78 is 31.7. The van der Waals surface area contributed by atoms with Gasteiger partial charge in [0.25, 0.3) is 0 Å². The standard InChI is InChI=1S/C52H78O14/c1-24-13-12-14-50(10)21-28(5)29(6)22-52(50)48(60)41(49(61)66-52)47(59)51(11)42(26(3)17-34-36(55)18-35(54)30(7)43(34)51)25(2)15-33(23-53)16-27(4)45(24)64-40-20-38(57)46(32(9)63-40)65-39-19-37(56)44(58)31(8)62-39/h15,17,21,24,27,29-34,36-40,42-46,53,55-59H,12-14,16,18-20,22-23H2,1-11H3/t24-,27-,29-,30+,31-,32-,33+,34-,36+,37+,38+,39+,40+,42+,43-,44-,45-,46-,50-,51+,52-/m1/s1. The third-order valence-electron chi connectivity index (χ3n) is 17.4. The van der Waals surface area contributed by atoms with Crippen molar-refractivity contribution in [1.82, 2.24) is 0 Å². The van der Waals surface area contributed by atoms with Gasteiger partial charge in [-0.1, -0.05) is 82.9 Å². The van der Waals surface area contributed by atoms with Gasteiger partial charge in [0.05, 0.1) is 36.6 Å². The van der Waals surface area contributed by atoms with Crippen LogP contribution in [0.3, 0.4) is 0 Å². The van der Waals surface area contributed by atoms with E-state index in [0.29, 0.717) is 25.7 Å². The smallest absolute Gasteiger partial charge is 0.346 e. The van der Waals surface area contributed by atoms with Crippen LogP contribution in [0.1, 0.15) is 128 Å². The summed E-state index contributed by atoms with van der Waals surface area (Å²) in [6, 6.07) is 0. The van der Waals surface area contributed by atoms with Crippen molar-refractivity contribution >= 4 is 17.5 Å². The van der Waals surface area contributed by atoms with Crippen LogP contribution in [0.4, 0.5) is 0 Å². The molecule has 7 rings (SSSR count). The van der Waals surface area contributed by atoms with E-state index in [1.807, 2.05) is 53.7 Å². The van der Waals surface area contributed by atoms with Crippen LogP contribution in [0.15, 0.2) is 46.3 Å². The van der Waals surface area contributed by atoms with Gasteiger partial charge in [-0.15, -0.1) is 0 Å². The first-order chi connectivity index (χ1) is 30.9. The van der Waals surface area contributed by atoms with Gasteiger partial charge in [-0.2, -0.15) is 0 Å². The second-order valence-electron chi connectivity index (χ2n) is 22.2. The van der Waals surface area contributed by atoms with Crippen molar-refractivity contribution in [3.8, 4) is 0 Å². The molecular weight excluding hydrogens is 849 g/mol. The number of esters is 1. The zero-order valence-electron chi connectivity index (χ0n) is 40.9. The quantitative estimate of drug-likeness (QED) is 0.107. The number of aliphatic hydroxyl groups is 6. The normalized spacial score (nSPS) is 48.5. The Morgan fingerprint density at radius 1 is 0.773 bits per heavy atom. The van der Waals surface area contributed by atoms with E-state index in [9.17, 15) is 40.2 Å². The average Bonchev–Trinajstić information content (AvgIpc) is 3.48. The monoisotopic (exact) mass is 927 g/mol. The van der Waals surface area contributed by atoms with E-state index in [-0.39, 0.29) is 61.4 Å². The molecule has 21 atom stereocenters. The van der Waals surface area contributed by atoms with Crippen molar-refractivity contribution in [2.24, 2.45) is 58.2 Å². The number of carbonyl (C=O) groups excluding carboxylic acids is 3. The van der Waals surface area contributed by atoms with E-state index < -0.39 is 125 Å². The van der Waals surface area contributed by atoms with Crippen molar-refractivity contribution in [2.45, 2.75) is 195 Å². The molecule has 4 fully saturated rings. The molecule has 3 heterocycles. The first kappa shape index (κ1) is 51.1. The van der Waals surface area contributed by atoms with Gasteiger partial charge in [-0.25, -0.2) is 4.79 Å². The van der Waals surface area contributed by atoms with E-state index in [1.165, 1.54) is 0 Å². The highest BCUT2D eigenvalue weighted by atomic mass is 16.7. The number of ether oxygens (including phenoxy) is 5. The molecule has 0 aromatic heterocycles. The van der Waals surface area contributed by atoms with Gasteiger partial charge < -0.3 is 54.3 Å². The van der Waals surface area contributed by atoms with Gasteiger partial charge in [0.2, 0.25) is 5.78 Å². The molecule has 66 heavy (non-hydrogen) atoms. The van der Waals surface area contributed by atoms with Gasteiger partial charge in [-0.3, -0.25) is 9.59 Å². The van der Waals surface area contributed by atoms with Crippen molar-refractivity contribution in [3.05, 3.63) is 46.3 Å². The largest absolute Gasteiger partial charge is 0.511 e. The van der Waals surface area contributed by atoms with Gasteiger partial charge in [0.15, 0.2) is 18.2 Å². The van der Waals surface area contributed by atoms with Crippen molar-refractivity contribution in [1.29, 1.82) is 0 Å². The second-order valence-corrected chi connectivity index (χ2v) is 22.2. The lowest BCUT2D eigenvalue weighted by molar-refractivity contribution is -0.319. The third kappa shape index (κ3) is 8.87. The SMILES string of the molecule is CC1=C[C@H](CO)C[C@@H](C)[C@H](O[C@H]2C[C@H](O)[C@H](O[C@H]3C[C@H](O)[C@H](O)[C@@H](C)O3)[C@@H](C)O2)[C@H](C)CCC[C@]2(C)C=C(C)[C@H](C)C[C@]23OC(=O)C(=C(O)[C@@]2(C)[C@@H]1C(C)=C[C@H]1[C@H]2[C@@H](C)C(=O)C[C@@H]1O)C3=O. The summed E-state index contributed by atoms with van der Waals surface area (Å²) >= 11 is 0. The molecular formula is C52H78O14. The molecule has 0 aromatic rings. The molecule has 4 aliphatic carbocycles. The highest BCUT2D eigenvalue weighted by Gasteiger charge is 2.67. The third-order valence-corrected chi connectivity index (χ3v) is 17.4. The number of fused-ring (bicyclic) bond motifs is 4. The lowest BCUT2D eigenvalue weighted by Gasteiger charge is -2.55. The summed E-state index contributed by atoms with van der Waals surface area (Å²) in [6.07, 6.45) is 0.403. The molecule has 370 valence electrons. The fraction of sp³-hybridized carbons (Fsp3) is 0.788. The van der Waals surface area contributed by atoms with Crippen LogP contribution in [-0.2, 0) is 38.1 Å². The Morgan fingerprint density at radius 3 is 2.03 bits per heavy atom. The number of allylic oxidation sites excluding steroid dienone is 4. The van der Waals surface area contributed by atoms with Gasteiger partial charge >= 0.3 is 5.97 Å². The van der Waals surface area contributed by atoms with E-state index in [0.717, 1.165) is 16.7 Å². The van der Waals surface area contributed by atoms with Crippen molar-refractivity contribution < 1.29 is 68.7 Å². The van der Waals surface area contributed by atoms with Crippen molar-refractivity contribution in [2.75, 3.05) is 6.61 Å². The first-order valence-corrected chi connectivity index (χ1v) is 24.6. The number of rotatable bonds is 5. The zero-order valence-corrected chi connectivity index (χ0v) is 40.9. The van der Waals surface area contributed by atoms with Crippen LogP contribution in [-0.4, -0.2) is 122 Å². The van der Waals surface area contributed by atoms with E-state index in [1.54, 1.807) is 20.8 Å². The molecule has 1 saturated carbocycles. The molecule has 7 aliphatic rings. The van der Waals surface area contributed by atoms with Gasteiger partial charge in [0, 0.05) is 66.8 Å². The number of ketones is 2. The Balaban J connectivity index is 1.27. The number of Topliss-reactive ketones (excluding diaryl/α,β-unsaturated/α-hetero) is 2. The topological polar surface area (TPSA) is 219 Å². The molecule has 6 N–H and O–H groups in total. The molecule has 2 bridgehead atoms. The minimum absolute atomic E-state index is 0.0408. The fourth-order valence-electron chi connectivity index (χ4n) is 13.8. The highest BCUT2D eigenvalue weighted by molar-refractivity contribution is 6.26. The van der Waals surface area contributed by atoms with Crippen LogP contribution in [0.2, 0.25) is 0 Å². The maximum Gasteiger partial charge on any atom is 0.346 e. The van der Waals surface area contributed by atoms with E-state index in [2.05, 4.69) is 19.9 Å². The Bertz CT molecular complexity index is 1970. The summed E-state index contributed by atoms with van der Waals surface area (Å²) in [7, 11) is 0. The van der Waals surface area contributed by atoms with Crippen LogP contribution in [0.5, 0.6) is 0 Å². The van der Waals surface area contributed by atoms with Crippen LogP contribution in [0.25, 0.3) is 0 Å². The number of hydrogen-bond donors (Lipinski definition) is 6. The van der Waals surface area contributed by atoms with Crippen LogP contribution >= 0.6 is 0 Å². The first-order valence-electron chi connectivity index (χ1n) is 24.6. The molecule has 3 saturated heterocycles. The Kier molecular flexibility index (Phi) is 14.8. The molecule has 1 spiro atoms. The molecule has 0 amide bonds. The Labute approximate surface area is 390 Å². The van der Waals surface area contributed by atoms with E-state index in [4.69, 9.17) is 23.7 Å². The van der Waals surface area contributed by atoms with Gasteiger partial charge in [0.1, 0.15) is 29.3 Å². The van der Waals surface area contributed by atoms with Crippen LogP contribution in [0, 0.1) is 58.2 Å². The summed E-state index contributed by atoms with van der Waals surface area (Å²) in [5, 5.41) is 67.5. The highest BCUT2D eigenvalue weighted by Crippen LogP contribution is 2.62. The Morgan fingerprint density at radius 2 is 1.39 bits per heavy atom. The number of carbonyl (C=O) groups is 3. The molecule has 14 heteroatoms. The maximum atomic E-state index is 15.4. The summed E-state index contributed by atoms with van der Waals surface area (Å²) in [5.74, 6) is -5.23. The zero-order chi connectivity index (χ0) is 48.5. The molecule has 14 nitrogen and oxygen atoms in total. The minimum Gasteiger partial charge on any atom is -0.511 e. The lowest BCUT2D eigenvalue weighted by atomic mass is 9.48. The number of aliphatic hydroxyl groups excluding tert-OH is 6. The van der Waals surface area contributed by atoms with Crippen molar-refractivity contribution in [3.63, 3.8) is 0 Å². The van der Waals surface area contributed by atoms with Gasteiger partial charge in [-0.05, 0) is 77.6 Å². The molecule has 3 aliphatic heterocycles. The van der Waals surface area contributed by atoms with E-state index >= 15 is 4.79 Å². The summed E-state index contributed by atoms with van der Waals surface area (Å²) in [5.41, 5.74) is -1.69. The Hall–Kier alpha value is -2.79. The van der Waals surface area contributed by atoms with Crippen LogP contribution < -0.4 is 0 Å². The summed E-state index contributed by atoms with van der Waals surface area (Å²) in [6.45, 7) is 20.9. The molecule has 0 unspecified atom stereocenters. The lowest BCUT2D eigenvalue weighted by Crippen LogP contribution is -2.56. The number of hydrogen-bond acceptors (Lipinski definition) is 14. The molecule has 0 radical (unpaired) electrons. The average molecular weight is 927 g/mol.